The molecule has 0 aliphatic rings. The first-order valence-corrected chi connectivity index (χ1v) is 6.34. The zero-order chi connectivity index (χ0) is 12.9. The third-order valence-electron chi connectivity index (χ3n) is 2.99. The maximum absolute atomic E-state index is 4.58. The van der Waals surface area contributed by atoms with Gasteiger partial charge >= 0.3 is 0 Å². The smallest absolute Gasteiger partial charge is 0.0637 e. The van der Waals surface area contributed by atoms with Gasteiger partial charge in [-0.3, -0.25) is 0 Å². The summed E-state index contributed by atoms with van der Waals surface area (Å²) in [6.07, 6.45) is 0. The van der Waals surface area contributed by atoms with Crippen molar-refractivity contribution >= 4 is 11.4 Å². The van der Waals surface area contributed by atoms with Crippen molar-refractivity contribution in [2.45, 2.75) is 0 Å². The Morgan fingerprint density at radius 2 is 0.895 bits per heavy atom. The number of hydrogen-bond acceptors (Lipinski definition) is 0. The first-order chi connectivity index (χ1) is 9.42. The van der Waals surface area contributed by atoms with Gasteiger partial charge in [-0.2, -0.15) is 0 Å². The fourth-order valence-electron chi connectivity index (χ4n) is 2.01. The van der Waals surface area contributed by atoms with E-state index in [1.165, 1.54) is 11.1 Å². The molecule has 3 aromatic rings. The van der Waals surface area contributed by atoms with E-state index in [1.807, 2.05) is 36.4 Å². The molecule has 1 radical (unpaired) electrons. The summed E-state index contributed by atoms with van der Waals surface area (Å²) in [4.78, 5) is 0. The highest BCUT2D eigenvalue weighted by Gasteiger charge is 1.99. The SMILES string of the molecule is c1ccc([N]c2ccc(-c3ccccc3)cc2)cc1. The van der Waals surface area contributed by atoms with E-state index in [9.17, 15) is 0 Å². The standard InChI is InChI=1S/C18H14N/c1-3-7-15(8-4-1)16-11-13-18(14-12-16)19-17-9-5-2-6-10-17/h1-14H. The van der Waals surface area contributed by atoms with Gasteiger partial charge in [-0.25, -0.2) is 5.32 Å². The monoisotopic (exact) mass is 244 g/mol. The maximum Gasteiger partial charge on any atom is 0.0637 e. The number of hydrogen-bond donors (Lipinski definition) is 0. The van der Waals surface area contributed by atoms with Crippen molar-refractivity contribution in [1.82, 2.24) is 5.32 Å². The lowest BCUT2D eigenvalue weighted by molar-refractivity contribution is 1.19. The third kappa shape index (κ3) is 2.83. The Morgan fingerprint density at radius 1 is 0.421 bits per heavy atom. The van der Waals surface area contributed by atoms with Gasteiger partial charge in [0.05, 0.1) is 11.4 Å². The largest absolute Gasteiger partial charge is 0.249 e. The third-order valence-corrected chi connectivity index (χ3v) is 2.99. The van der Waals surface area contributed by atoms with Crippen LogP contribution >= 0.6 is 0 Å². The highest BCUT2D eigenvalue weighted by Crippen LogP contribution is 2.23. The van der Waals surface area contributed by atoms with E-state index in [-0.39, 0.29) is 0 Å². The van der Waals surface area contributed by atoms with Crippen molar-refractivity contribution in [3.8, 4) is 11.1 Å². The molecule has 0 aromatic heterocycles. The van der Waals surface area contributed by atoms with Gasteiger partial charge in [0.25, 0.3) is 0 Å². The summed E-state index contributed by atoms with van der Waals surface area (Å²) in [5.41, 5.74) is 4.40. The fraction of sp³-hybridized carbons (Fsp3) is 0. The highest BCUT2D eigenvalue weighted by atomic mass is 14.9. The number of para-hydroxylation sites is 1. The van der Waals surface area contributed by atoms with Crippen LogP contribution in [0.5, 0.6) is 0 Å². The minimum atomic E-state index is 0.978. The number of benzene rings is 3. The molecule has 0 N–H and O–H groups in total. The quantitative estimate of drug-likeness (QED) is 0.620. The van der Waals surface area contributed by atoms with Crippen LogP contribution in [0.3, 0.4) is 0 Å². The van der Waals surface area contributed by atoms with Crippen molar-refractivity contribution in [3.05, 3.63) is 84.9 Å². The molecule has 0 spiro atoms. The van der Waals surface area contributed by atoms with E-state index < -0.39 is 0 Å². The molecular formula is C18H14N. The van der Waals surface area contributed by atoms with Gasteiger partial charge in [0.15, 0.2) is 0 Å². The Balaban J connectivity index is 1.80. The van der Waals surface area contributed by atoms with Crippen LogP contribution in [0.1, 0.15) is 0 Å². The minimum Gasteiger partial charge on any atom is -0.249 e. The zero-order valence-electron chi connectivity index (χ0n) is 10.5. The summed E-state index contributed by atoms with van der Waals surface area (Å²) in [7, 11) is 0. The molecule has 0 saturated heterocycles. The van der Waals surface area contributed by atoms with Crippen molar-refractivity contribution in [3.63, 3.8) is 0 Å². The van der Waals surface area contributed by atoms with Gasteiger partial charge in [0.1, 0.15) is 0 Å². The Kier molecular flexibility index (Phi) is 3.28. The molecule has 0 aliphatic heterocycles. The second-order valence-electron chi connectivity index (χ2n) is 4.36. The molecule has 3 rings (SSSR count). The normalized spacial score (nSPS) is 10.1. The second-order valence-corrected chi connectivity index (χ2v) is 4.36. The Labute approximate surface area is 113 Å². The molecule has 1 nitrogen and oxygen atoms in total. The molecule has 0 bridgehead atoms. The molecule has 0 unspecified atom stereocenters. The van der Waals surface area contributed by atoms with Gasteiger partial charge in [0.2, 0.25) is 0 Å². The molecule has 0 amide bonds. The van der Waals surface area contributed by atoms with E-state index in [1.54, 1.807) is 0 Å². The van der Waals surface area contributed by atoms with Crippen molar-refractivity contribution in [2.75, 3.05) is 0 Å². The van der Waals surface area contributed by atoms with Crippen LogP contribution in [0.15, 0.2) is 84.9 Å². The molecule has 0 aliphatic carbocycles. The summed E-state index contributed by atoms with van der Waals surface area (Å²) in [5, 5.41) is 4.58. The topological polar surface area (TPSA) is 14.1 Å². The van der Waals surface area contributed by atoms with Gasteiger partial charge in [-0.15, -0.1) is 0 Å². The summed E-state index contributed by atoms with van der Waals surface area (Å²) in [6.45, 7) is 0. The van der Waals surface area contributed by atoms with E-state index in [0.717, 1.165) is 11.4 Å². The van der Waals surface area contributed by atoms with E-state index in [2.05, 4.69) is 53.8 Å². The summed E-state index contributed by atoms with van der Waals surface area (Å²) in [5.74, 6) is 0. The Bertz CT molecular complexity index is 628. The summed E-state index contributed by atoms with van der Waals surface area (Å²) >= 11 is 0. The van der Waals surface area contributed by atoms with E-state index in [0.29, 0.717) is 0 Å². The molecule has 3 aromatic carbocycles. The average Bonchev–Trinajstić information content (AvgIpc) is 2.50. The van der Waals surface area contributed by atoms with Crippen LogP contribution in [-0.4, -0.2) is 0 Å². The molecule has 0 fully saturated rings. The lowest BCUT2D eigenvalue weighted by atomic mass is 10.1. The highest BCUT2D eigenvalue weighted by molar-refractivity contribution is 5.65. The Hall–Kier alpha value is -2.54. The summed E-state index contributed by atoms with van der Waals surface area (Å²) < 4.78 is 0. The van der Waals surface area contributed by atoms with Gasteiger partial charge < -0.3 is 0 Å². The van der Waals surface area contributed by atoms with Crippen molar-refractivity contribution in [2.24, 2.45) is 0 Å². The van der Waals surface area contributed by atoms with Crippen LogP contribution in [0.25, 0.3) is 11.1 Å². The predicted molar refractivity (Wildman–Crippen MR) is 79.8 cm³/mol. The molecule has 0 atom stereocenters. The lowest BCUT2D eigenvalue weighted by Gasteiger charge is -2.05. The van der Waals surface area contributed by atoms with Gasteiger partial charge in [-0.05, 0) is 35.4 Å². The van der Waals surface area contributed by atoms with Crippen LogP contribution in [-0.2, 0) is 0 Å². The molecule has 0 heterocycles. The minimum absolute atomic E-state index is 0.978. The number of rotatable bonds is 3. The van der Waals surface area contributed by atoms with Crippen LogP contribution < -0.4 is 5.32 Å². The van der Waals surface area contributed by atoms with E-state index >= 15 is 0 Å². The fourth-order valence-corrected chi connectivity index (χ4v) is 2.01. The van der Waals surface area contributed by atoms with Crippen LogP contribution in [0.4, 0.5) is 11.4 Å². The summed E-state index contributed by atoms with van der Waals surface area (Å²) in [6, 6.07) is 28.7. The molecule has 1 heteroatoms. The number of nitrogens with zero attached hydrogens (tertiary/aromatic N) is 1. The van der Waals surface area contributed by atoms with Crippen molar-refractivity contribution in [1.29, 1.82) is 0 Å². The maximum atomic E-state index is 4.58. The first-order valence-electron chi connectivity index (χ1n) is 6.34. The second kappa shape index (κ2) is 5.40. The molecular weight excluding hydrogens is 230 g/mol. The molecule has 0 saturated carbocycles. The molecule has 19 heavy (non-hydrogen) atoms. The Morgan fingerprint density at radius 3 is 1.53 bits per heavy atom. The van der Waals surface area contributed by atoms with Crippen LogP contribution in [0, 0.1) is 0 Å². The van der Waals surface area contributed by atoms with Gasteiger partial charge in [0, 0.05) is 0 Å². The van der Waals surface area contributed by atoms with Crippen molar-refractivity contribution < 1.29 is 0 Å². The zero-order valence-corrected chi connectivity index (χ0v) is 10.5. The average molecular weight is 244 g/mol. The lowest BCUT2D eigenvalue weighted by Crippen LogP contribution is -1.88. The predicted octanol–water partition coefficient (Wildman–Crippen LogP) is 4.92. The first kappa shape index (κ1) is 11.5. The molecule has 91 valence electrons. The van der Waals surface area contributed by atoms with E-state index in [4.69, 9.17) is 0 Å². The van der Waals surface area contributed by atoms with Gasteiger partial charge in [-0.1, -0.05) is 60.7 Å². The van der Waals surface area contributed by atoms with Crippen LogP contribution in [0.2, 0.25) is 0 Å².